The smallest absolute Gasteiger partial charge is 0.306 e. The van der Waals surface area contributed by atoms with Crippen LogP contribution in [0.1, 0.15) is 33.1 Å². The fraction of sp³-hybridized carbons (Fsp3) is 0.700. The summed E-state index contributed by atoms with van der Waals surface area (Å²) in [5.74, 6) is 0.260. The second-order valence-corrected chi connectivity index (χ2v) is 3.63. The molecular weight excluding hydrogens is 152 g/mol. The maximum atomic E-state index is 11.1. The number of esters is 1. The van der Waals surface area contributed by atoms with Crippen LogP contribution in [0.15, 0.2) is 12.2 Å². The molecule has 1 heterocycles. The molecule has 0 spiro atoms. The van der Waals surface area contributed by atoms with E-state index in [2.05, 4.69) is 6.58 Å². The van der Waals surface area contributed by atoms with Crippen LogP contribution in [0.5, 0.6) is 0 Å². The molecule has 1 fully saturated rings. The van der Waals surface area contributed by atoms with Gasteiger partial charge in [0.05, 0.1) is 12.5 Å². The molecule has 68 valence electrons. The van der Waals surface area contributed by atoms with Gasteiger partial charge >= 0.3 is 5.97 Å². The molecule has 0 aliphatic carbocycles. The van der Waals surface area contributed by atoms with Gasteiger partial charge < -0.3 is 4.74 Å². The summed E-state index contributed by atoms with van der Waals surface area (Å²) in [5, 5.41) is 0. The Morgan fingerprint density at radius 3 is 2.83 bits per heavy atom. The summed E-state index contributed by atoms with van der Waals surface area (Å²) in [6.07, 6.45) is 2.59. The van der Waals surface area contributed by atoms with Crippen molar-refractivity contribution in [3.63, 3.8) is 0 Å². The van der Waals surface area contributed by atoms with E-state index in [0.717, 1.165) is 18.4 Å². The highest BCUT2D eigenvalue weighted by atomic mass is 16.5. The van der Waals surface area contributed by atoms with Crippen LogP contribution in [0, 0.1) is 5.92 Å². The zero-order chi connectivity index (χ0) is 9.14. The minimum atomic E-state index is -0.0759. The topological polar surface area (TPSA) is 26.3 Å². The number of hydrogen-bond donors (Lipinski definition) is 0. The molecule has 2 atom stereocenters. The van der Waals surface area contributed by atoms with E-state index in [-0.39, 0.29) is 12.1 Å². The van der Waals surface area contributed by atoms with Crippen molar-refractivity contribution in [2.45, 2.75) is 39.2 Å². The Bertz CT molecular complexity index is 196. The standard InChI is InChI=1S/C10H16O2/c1-7(2)9-5-4-8(3)12-10(11)6-9/h8-9H,1,4-6H2,2-3H3/t8-,9+/m0/s1. The average molecular weight is 168 g/mol. The van der Waals surface area contributed by atoms with Gasteiger partial charge in [0, 0.05) is 0 Å². The first-order valence-electron chi connectivity index (χ1n) is 4.44. The third-order valence-electron chi connectivity index (χ3n) is 2.36. The largest absolute Gasteiger partial charge is 0.463 e. The summed E-state index contributed by atoms with van der Waals surface area (Å²) in [4.78, 5) is 11.1. The molecule has 0 unspecified atom stereocenters. The number of carbonyl (C=O) groups is 1. The summed E-state index contributed by atoms with van der Waals surface area (Å²) in [6.45, 7) is 7.80. The highest BCUT2D eigenvalue weighted by molar-refractivity contribution is 5.70. The third-order valence-corrected chi connectivity index (χ3v) is 2.36. The van der Waals surface area contributed by atoms with Gasteiger partial charge in [0.25, 0.3) is 0 Å². The van der Waals surface area contributed by atoms with Crippen LogP contribution in [-0.4, -0.2) is 12.1 Å². The van der Waals surface area contributed by atoms with Crippen LogP contribution < -0.4 is 0 Å². The number of ether oxygens (including phenoxy) is 1. The lowest BCUT2D eigenvalue weighted by atomic mass is 9.93. The first kappa shape index (κ1) is 9.30. The lowest BCUT2D eigenvalue weighted by molar-refractivity contribution is -0.147. The molecule has 0 aromatic carbocycles. The molecule has 0 aromatic rings. The van der Waals surface area contributed by atoms with Crippen molar-refractivity contribution in [2.24, 2.45) is 5.92 Å². The van der Waals surface area contributed by atoms with Gasteiger partial charge in [0.1, 0.15) is 0 Å². The van der Waals surface area contributed by atoms with E-state index in [1.54, 1.807) is 0 Å². The first-order chi connectivity index (χ1) is 5.59. The maximum Gasteiger partial charge on any atom is 0.306 e. The van der Waals surface area contributed by atoms with E-state index < -0.39 is 0 Å². The predicted octanol–water partition coefficient (Wildman–Crippen LogP) is 2.29. The normalized spacial score (nSPS) is 30.7. The van der Waals surface area contributed by atoms with Crippen LogP contribution in [0.4, 0.5) is 0 Å². The summed E-state index contributed by atoms with van der Waals surface area (Å²) in [5.41, 5.74) is 1.10. The van der Waals surface area contributed by atoms with Gasteiger partial charge in [-0.25, -0.2) is 0 Å². The molecule has 0 N–H and O–H groups in total. The van der Waals surface area contributed by atoms with Crippen molar-refractivity contribution in [2.75, 3.05) is 0 Å². The molecule has 2 nitrogen and oxygen atoms in total. The minimum absolute atomic E-state index is 0.0759. The number of hydrogen-bond acceptors (Lipinski definition) is 2. The number of allylic oxidation sites excluding steroid dienone is 1. The highest BCUT2D eigenvalue weighted by Crippen LogP contribution is 2.25. The van der Waals surface area contributed by atoms with Crippen LogP contribution in [0.2, 0.25) is 0 Å². The van der Waals surface area contributed by atoms with Gasteiger partial charge in [0.2, 0.25) is 0 Å². The van der Waals surface area contributed by atoms with Gasteiger partial charge in [0.15, 0.2) is 0 Å². The van der Waals surface area contributed by atoms with Crippen molar-refractivity contribution in [1.29, 1.82) is 0 Å². The molecule has 12 heavy (non-hydrogen) atoms. The van der Waals surface area contributed by atoms with Crippen LogP contribution in [0.3, 0.4) is 0 Å². The van der Waals surface area contributed by atoms with E-state index >= 15 is 0 Å². The molecule has 0 saturated carbocycles. The molecule has 0 amide bonds. The van der Waals surface area contributed by atoms with Gasteiger partial charge in [-0.2, -0.15) is 0 Å². The average Bonchev–Trinajstić information content (AvgIpc) is 2.11. The Balaban J connectivity index is 2.58. The monoisotopic (exact) mass is 168 g/mol. The summed E-state index contributed by atoms with van der Waals surface area (Å²) >= 11 is 0. The Kier molecular flexibility index (Phi) is 2.90. The maximum absolute atomic E-state index is 11.1. The highest BCUT2D eigenvalue weighted by Gasteiger charge is 2.22. The lowest BCUT2D eigenvalue weighted by Gasteiger charge is -2.10. The Hall–Kier alpha value is -0.790. The number of cyclic esters (lactones) is 1. The molecule has 1 saturated heterocycles. The van der Waals surface area contributed by atoms with Crippen molar-refractivity contribution >= 4 is 5.97 Å². The van der Waals surface area contributed by atoms with Crippen molar-refractivity contribution in [3.05, 3.63) is 12.2 Å². The van der Waals surface area contributed by atoms with Gasteiger partial charge in [-0.3, -0.25) is 4.79 Å². The molecule has 0 aromatic heterocycles. The van der Waals surface area contributed by atoms with E-state index in [9.17, 15) is 4.79 Å². The second kappa shape index (κ2) is 3.74. The van der Waals surface area contributed by atoms with Crippen LogP contribution >= 0.6 is 0 Å². The van der Waals surface area contributed by atoms with Crippen molar-refractivity contribution < 1.29 is 9.53 Å². The van der Waals surface area contributed by atoms with E-state index in [0.29, 0.717) is 12.3 Å². The fourth-order valence-electron chi connectivity index (χ4n) is 1.49. The van der Waals surface area contributed by atoms with Crippen molar-refractivity contribution in [1.82, 2.24) is 0 Å². The third kappa shape index (κ3) is 2.36. The van der Waals surface area contributed by atoms with Gasteiger partial charge in [-0.1, -0.05) is 12.2 Å². The molecule has 2 heteroatoms. The van der Waals surface area contributed by atoms with Crippen LogP contribution in [0.25, 0.3) is 0 Å². The molecular formula is C10H16O2. The Morgan fingerprint density at radius 1 is 1.58 bits per heavy atom. The number of rotatable bonds is 1. The van der Waals surface area contributed by atoms with Crippen LogP contribution in [-0.2, 0) is 9.53 Å². The second-order valence-electron chi connectivity index (χ2n) is 3.63. The molecule has 0 bridgehead atoms. The summed E-state index contributed by atoms with van der Waals surface area (Å²) in [7, 11) is 0. The molecule has 0 radical (unpaired) electrons. The Labute approximate surface area is 73.6 Å². The van der Waals surface area contributed by atoms with E-state index in [1.807, 2.05) is 13.8 Å². The fourth-order valence-corrected chi connectivity index (χ4v) is 1.49. The molecule has 1 aliphatic rings. The van der Waals surface area contributed by atoms with E-state index in [4.69, 9.17) is 4.74 Å². The molecule has 1 aliphatic heterocycles. The minimum Gasteiger partial charge on any atom is -0.463 e. The zero-order valence-electron chi connectivity index (χ0n) is 7.80. The quantitative estimate of drug-likeness (QED) is 0.443. The SMILES string of the molecule is C=C(C)[C@@H]1CC[C@H](C)OC(=O)C1. The Morgan fingerprint density at radius 2 is 2.25 bits per heavy atom. The summed E-state index contributed by atoms with van der Waals surface area (Å²) < 4.78 is 5.11. The predicted molar refractivity (Wildman–Crippen MR) is 47.7 cm³/mol. The first-order valence-corrected chi connectivity index (χ1v) is 4.44. The molecule has 1 rings (SSSR count). The van der Waals surface area contributed by atoms with Gasteiger partial charge in [-0.05, 0) is 32.6 Å². The lowest BCUT2D eigenvalue weighted by Crippen LogP contribution is -2.11. The summed E-state index contributed by atoms with van der Waals surface area (Å²) in [6, 6.07) is 0. The van der Waals surface area contributed by atoms with Gasteiger partial charge in [-0.15, -0.1) is 0 Å². The van der Waals surface area contributed by atoms with Crippen molar-refractivity contribution in [3.8, 4) is 0 Å². The number of carbonyl (C=O) groups excluding carboxylic acids is 1. The zero-order valence-corrected chi connectivity index (χ0v) is 7.80. The van der Waals surface area contributed by atoms with E-state index in [1.165, 1.54) is 0 Å².